The molecule has 4 nitrogen and oxygen atoms in total. The summed E-state index contributed by atoms with van der Waals surface area (Å²) in [4.78, 5) is 3.95. The Morgan fingerprint density at radius 3 is 2.95 bits per heavy atom. The number of hydrogen-bond donors (Lipinski definition) is 2. The van der Waals surface area contributed by atoms with E-state index in [1.165, 1.54) is 11.1 Å². The van der Waals surface area contributed by atoms with E-state index in [1.807, 2.05) is 18.2 Å². The van der Waals surface area contributed by atoms with Crippen LogP contribution in [0, 0.1) is 0 Å². The Balaban J connectivity index is 1.53. The maximum Gasteiger partial charge on any atom is 0.122 e. The standard InChI is InChI=1S/C16H18N2O2/c19-15(13-3-6-17-7-4-13)11-18-10-12-1-2-16-14(9-12)5-8-20-16/h1-4,6-7,9,15,18-19H,5,8,10-11H2. The normalized spacial score (nSPS) is 14.7. The summed E-state index contributed by atoms with van der Waals surface area (Å²) in [6.45, 7) is 2.06. The first-order valence-corrected chi connectivity index (χ1v) is 6.86. The number of ether oxygens (including phenoxy) is 1. The van der Waals surface area contributed by atoms with Crippen LogP contribution in [0.3, 0.4) is 0 Å². The van der Waals surface area contributed by atoms with Gasteiger partial charge in [-0.15, -0.1) is 0 Å². The third-order valence-electron chi connectivity index (χ3n) is 3.51. The van der Waals surface area contributed by atoms with E-state index in [0.29, 0.717) is 6.54 Å². The zero-order valence-electron chi connectivity index (χ0n) is 11.2. The molecule has 0 aliphatic carbocycles. The highest BCUT2D eigenvalue weighted by molar-refractivity contribution is 5.39. The summed E-state index contributed by atoms with van der Waals surface area (Å²) < 4.78 is 5.49. The minimum Gasteiger partial charge on any atom is -0.493 e. The van der Waals surface area contributed by atoms with Crippen LogP contribution < -0.4 is 10.1 Å². The summed E-state index contributed by atoms with van der Waals surface area (Å²) in [6, 6.07) is 9.93. The van der Waals surface area contributed by atoms with Gasteiger partial charge in [0.2, 0.25) is 0 Å². The van der Waals surface area contributed by atoms with Crippen molar-refractivity contribution in [3.8, 4) is 5.75 Å². The number of aromatic nitrogens is 1. The molecule has 2 heterocycles. The van der Waals surface area contributed by atoms with E-state index in [9.17, 15) is 5.11 Å². The van der Waals surface area contributed by atoms with E-state index < -0.39 is 6.10 Å². The number of nitrogens with one attached hydrogen (secondary N) is 1. The molecule has 0 amide bonds. The minimum atomic E-state index is -0.504. The lowest BCUT2D eigenvalue weighted by Gasteiger charge is -2.12. The van der Waals surface area contributed by atoms with Crippen LogP contribution in [0.25, 0.3) is 0 Å². The lowest BCUT2D eigenvalue weighted by atomic mass is 10.1. The second-order valence-corrected chi connectivity index (χ2v) is 4.97. The highest BCUT2D eigenvalue weighted by atomic mass is 16.5. The van der Waals surface area contributed by atoms with Crippen molar-refractivity contribution in [1.29, 1.82) is 0 Å². The van der Waals surface area contributed by atoms with E-state index >= 15 is 0 Å². The van der Waals surface area contributed by atoms with E-state index in [1.54, 1.807) is 12.4 Å². The maximum atomic E-state index is 10.0. The van der Waals surface area contributed by atoms with E-state index in [4.69, 9.17) is 4.74 Å². The number of nitrogens with zero attached hydrogens (tertiary/aromatic N) is 1. The second-order valence-electron chi connectivity index (χ2n) is 4.97. The fourth-order valence-corrected chi connectivity index (χ4v) is 2.41. The van der Waals surface area contributed by atoms with Crippen molar-refractivity contribution < 1.29 is 9.84 Å². The summed E-state index contributed by atoms with van der Waals surface area (Å²) >= 11 is 0. The minimum absolute atomic E-state index is 0.504. The molecule has 1 unspecified atom stereocenters. The SMILES string of the molecule is OC(CNCc1ccc2c(c1)CCO2)c1ccncc1. The van der Waals surface area contributed by atoms with Crippen molar-refractivity contribution in [3.05, 3.63) is 59.4 Å². The van der Waals surface area contributed by atoms with E-state index in [2.05, 4.69) is 22.4 Å². The summed E-state index contributed by atoms with van der Waals surface area (Å²) in [5.41, 5.74) is 3.38. The van der Waals surface area contributed by atoms with Crippen LogP contribution in [-0.4, -0.2) is 23.2 Å². The molecule has 0 spiro atoms. The Morgan fingerprint density at radius 1 is 1.25 bits per heavy atom. The molecule has 1 atom stereocenters. The lowest BCUT2D eigenvalue weighted by Crippen LogP contribution is -2.21. The largest absolute Gasteiger partial charge is 0.493 e. The number of fused-ring (bicyclic) bond motifs is 1. The molecule has 20 heavy (non-hydrogen) atoms. The molecule has 0 saturated heterocycles. The van der Waals surface area contributed by atoms with Gasteiger partial charge in [-0.1, -0.05) is 12.1 Å². The molecule has 1 aliphatic rings. The monoisotopic (exact) mass is 270 g/mol. The molecule has 3 rings (SSSR count). The number of aliphatic hydroxyl groups excluding tert-OH is 1. The molecule has 1 aliphatic heterocycles. The third kappa shape index (κ3) is 2.98. The van der Waals surface area contributed by atoms with Crippen molar-refractivity contribution in [2.45, 2.75) is 19.1 Å². The van der Waals surface area contributed by atoms with Crippen molar-refractivity contribution in [3.63, 3.8) is 0 Å². The molecule has 0 saturated carbocycles. The van der Waals surface area contributed by atoms with E-state index in [-0.39, 0.29) is 0 Å². The van der Waals surface area contributed by atoms with Crippen molar-refractivity contribution in [2.24, 2.45) is 0 Å². The Bertz CT molecular complexity index is 572. The van der Waals surface area contributed by atoms with Crippen LogP contribution in [-0.2, 0) is 13.0 Å². The van der Waals surface area contributed by atoms with Crippen molar-refractivity contribution in [2.75, 3.05) is 13.2 Å². The van der Waals surface area contributed by atoms with Gasteiger partial charge in [-0.05, 0) is 34.9 Å². The molecule has 1 aromatic carbocycles. The van der Waals surface area contributed by atoms with Crippen LogP contribution in [0.4, 0.5) is 0 Å². The lowest BCUT2D eigenvalue weighted by molar-refractivity contribution is 0.174. The van der Waals surface area contributed by atoms with Crippen LogP contribution in [0.5, 0.6) is 5.75 Å². The molecule has 0 fully saturated rings. The first-order chi connectivity index (χ1) is 9.83. The van der Waals surface area contributed by atoms with Crippen LogP contribution in [0.1, 0.15) is 22.8 Å². The molecule has 104 valence electrons. The molecule has 0 bridgehead atoms. The zero-order valence-corrected chi connectivity index (χ0v) is 11.2. The maximum absolute atomic E-state index is 10.0. The van der Waals surface area contributed by atoms with Gasteiger partial charge >= 0.3 is 0 Å². The zero-order chi connectivity index (χ0) is 13.8. The summed E-state index contributed by atoms with van der Waals surface area (Å²) in [5.74, 6) is 1.01. The first-order valence-electron chi connectivity index (χ1n) is 6.86. The van der Waals surface area contributed by atoms with Crippen LogP contribution in [0.2, 0.25) is 0 Å². The topological polar surface area (TPSA) is 54.4 Å². The van der Waals surface area contributed by atoms with Gasteiger partial charge in [0.25, 0.3) is 0 Å². The second kappa shape index (κ2) is 6.03. The predicted octanol–water partition coefficient (Wildman–Crippen LogP) is 1.84. The van der Waals surface area contributed by atoms with Gasteiger partial charge in [0.1, 0.15) is 5.75 Å². The van der Waals surface area contributed by atoms with Crippen molar-refractivity contribution >= 4 is 0 Å². The molecule has 0 radical (unpaired) electrons. The van der Waals surface area contributed by atoms with Gasteiger partial charge in [0, 0.05) is 31.9 Å². The highest BCUT2D eigenvalue weighted by Gasteiger charge is 2.12. The number of benzene rings is 1. The Kier molecular flexibility index (Phi) is 3.95. The average molecular weight is 270 g/mol. The summed E-state index contributed by atoms with van der Waals surface area (Å²) in [5, 5.41) is 13.3. The first kappa shape index (κ1) is 13.1. The molecular formula is C16H18N2O2. The fraction of sp³-hybridized carbons (Fsp3) is 0.312. The Hall–Kier alpha value is -1.91. The number of hydrogen-bond acceptors (Lipinski definition) is 4. The summed E-state index contributed by atoms with van der Waals surface area (Å²) in [6.07, 6.45) is 3.87. The van der Waals surface area contributed by atoms with Gasteiger partial charge in [0.15, 0.2) is 0 Å². The fourth-order valence-electron chi connectivity index (χ4n) is 2.41. The molecule has 1 aromatic heterocycles. The van der Waals surface area contributed by atoms with Crippen molar-refractivity contribution in [1.82, 2.24) is 10.3 Å². The van der Waals surface area contributed by atoms with Gasteiger partial charge in [0.05, 0.1) is 12.7 Å². The molecule has 2 aromatic rings. The Labute approximate surface area is 118 Å². The van der Waals surface area contributed by atoms with Gasteiger partial charge in [-0.25, -0.2) is 0 Å². The molecular weight excluding hydrogens is 252 g/mol. The number of rotatable bonds is 5. The van der Waals surface area contributed by atoms with Crippen LogP contribution in [0.15, 0.2) is 42.7 Å². The van der Waals surface area contributed by atoms with Gasteiger partial charge in [-0.3, -0.25) is 4.98 Å². The Morgan fingerprint density at radius 2 is 2.10 bits per heavy atom. The number of aliphatic hydroxyl groups is 1. The summed E-state index contributed by atoms with van der Waals surface area (Å²) in [7, 11) is 0. The smallest absolute Gasteiger partial charge is 0.122 e. The quantitative estimate of drug-likeness (QED) is 0.870. The van der Waals surface area contributed by atoms with E-state index in [0.717, 1.165) is 30.9 Å². The molecule has 4 heteroatoms. The van der Waals surface area contributed by atoms with Crippen LogP contribution >= 0.6 is 0 Å². The van der Waals surface area contributed by atoms with Gasteiger partial charge in [-0.2, -0.15) is 0 Å². The molecule has 2 N–H and O–H groups in total. The highest BCUT2D eigenvalue weighted by Crippen LogP contribution is 2.25. The number of pyridine rings is 1. The van der Waals surface area contributed by atoms with Gasteiger partial charge < -0.3 is 15.2 Å². The third-order valence-corrected chi connectivity index (χ3v) is 3.51. The predicted molar refractivity (Wildman–Crippen MR) is 76.5 cm³/mol. The average Bonchev–Trinajstić information content (AvgIpc) is 2.95.